The van der Waals surface area contributed by atoms with Crippen molar-refractivity contribution in [2.24, 2.45) is 5.92 Å². The van der Waals surface area contributed by atoms with Gasteiger partial charge in [-0.25, -0.2) is 12.7 Å². The summed E-state index contributed by atoms with van der Waals surface area (Å²) in [6.07, 6.45) is 3.90. The third-order valence-electron chi connectivity index (χ3n) is 5.02. The van der Waals surface area contributed by atoms with Crippen molar-refractivity contribution in [2.45, 2.75) is 39.0 Å². The highest BCUT2D eigenvalue weighted by molar-refractivity contribution is 7.89. The van der Waals surface area contributed by atoms with Crippen LogP contribution in [0.25, 0.3) is 0 Å². The Morgan fingerprint density at radius 1 is 1.28 bits per heavy atom. The van der Waals surface area contributed by atoms with Crippen molar-refractivity contribution in [3.05, 3.63) is 28.8 Å². The van der Waals surface area contributed by atoms with Crippen LogP contribution in [0.3, 0.4) is 0 Å². The van der Waals surface area contributed by atoms with E-state index in [0.717, 1.165) is 36.9 Å². The molecule has 0 N–H and O–H groups in total. The molecule has 0 aromatic heterocycles. The highest BCUT2D eigenvalue weighted by atomic mass is 35.5. The maximum atomic E-state index is 13.1. The Morgan fingerprint density at radius 3 is 2.84 bits per heavy atom. The van der Waals surface area contributed by atoms with Crippen LogP contribution in [0.4, 0.5) is 5.69 Å². The van der Waals surface area contributed by atoms with Crippen LogP contribution in [0.5, 0.6) is 0 Å². The lowest BCUT2D eigenvalue weighted by molar-refractivity contribution is -0.123. The second-order valence-electron chi connectivity index (χ2n) is 6.88. The quantitative estimate of drug-likeness (QED) is 0.801. The summed E-state index contributed by atoms with van der Waals surface area (Å²) in [6.45, 7) is 3.38. The molecule has 2 aliphatic heterocycles. The molecule has 5 nitrogen and oxygen atoms in total. The molecular weight excluding hydrogens is 360 g/mol. The van der Waals surface area contributed by atoms with Crippen molar-refractivity contribution in [3.63, 3.8) is 0 Å². The molecule has 1 amide bonds. The fraction of sp³-hybridized carbons (Fsp3) is 0.611. The largest absolute Gasteiger partial charge is 0.312 e. The highest BCUT2D eigenvalue weighted by Gasteiger charge is 2.35. The molecular formula is C18H25ClN2O3S. The molecule has 1 unspecified atom stereocenters. The first-order valence-corrected chi connectivity index (χ1v) is 11.0. The van der Waals surface area contributed by atoms with Gasteiger partial charge in [0.2, 0.25) is 15.9 Å². The number of aryl methyl sites for hydroxylation is 1. The van der Waals surface area contributed by atoms with E-state index in [1.54, 1.807) is 0 Å². The van der Waals surface area contributed by atoms with Gasteiger partial charge in [-0.15, -0.1) is 0 Å². The molecule has 1 aromatic rings. The Bertz CT molecular complexity index is 751. The summed E-state index contributed by atoms with van der Waals surface area (Å²) in [7, 11) is -3.25. The van der Waals surface area contributed by atoms with Crippen LogP contribution in [0.1, 0.15) is 38.2 Å². The van der Waals surface area contributed by atoms with Gasteiger partial charge in [-0.05, 0) is 55.9 Å². The van der Waals surface area contributed by atoms with Crippen LogP contribution in [0.2, 0.25) is 5.02 Å². The number of anilines is 1. The number of hydrogen-bond acceptors (Lipinski definition) is 3. The Hall–Kier alpha value is -1.11. The van der Waals surface area contributed by atoms with Gasteiger partial charge in [0.25, 0.3) is 0 Å². The first kappa shape index (κ1) is 18.7. The second kappa shape index (κ2) is 7.64. The normalized spacial score (nSPS) is 21.8. The standard InChI is InChI=1S/C18H25ClN2O3S/c1-2-11-25(23,24)20-9-3-6-15(13-20)18(22)21-10-4-5-14-12-16(19)7-8-17(14)21/h7-8,12,15H,2-6,9-11,13H2,1H3. The Labute approximate surface area is 155 Å². The van der Waals surface area contributed by atoms with Gasteiger partial charge in [0.1, 0.15) is 0 Å². The summed E-state index contributed by atoms with van der Waals surface area (Å²) in [5, 5.41) is 0.683. The molecule has 1 saturated heterocycles. The van der Waals surface area contributed by atoms with Crippen molar-refractivity contribution < 1.29 is 13.2 Å². The first-order valence-electron chi connectivity index (χ1n) is 9.00. The molecule has 1 aromatic carbocycles. The third kappa shape index (κ3) is 4.01. The summed E-state index contributed by atoms with van der Waals surface area (Å²) in [6, 6.07) is 5.64. The first-order chi connectivity index (χ1) is 11.9. The second-order valence-corrected chi connectivity index (χ2v) is 9.40. The van der Waals surface area contributed by atoms with E-state index in [9.17, 15) is 13.2 Å². The zero-order chi connectivity index (χ0) is 18.0. The number of nitrogens with zero attached hydrogens (tertiary/aromatic N) is 2. The number of carbonyl (C=O) groups excluding carboxylic acids is 1. The third-order valence-corrected chi connectivity index (χ3v) is 7.29. The minimum Gasteiger partial charge on any atom is -0.312 e. The molecule has 25 heavy (non-hydrogen) atoms. The number of piperidine rings is 1. The summed E-state index contributed by atoms with van der Waals surface area (Å²) < 4.78 is 26.2. The number of carbonyl (C=O) groups is 1. The number of amides is 1. The Morgan fingerprint density at radius 2 is 2.08 bits per heavy atom. The van der Waals surface area contributed by atoms with Crippen molar-refractivity contribution in [1.82, 2.24) is 4.31 Å². The van der Waals surface area contributed by atoms with Crippen LogP contribution >= 0.6 is 11.6 Å². The molecule has 2 heterocycles. The van der Waals surface area contributed by atoms with Crippen molar-refractivity contribution in [3.8, 4) is 0 Å². The molecule has 0 aliphatic carbocycles. The lowest BCUT2D eigenvalue weighted by Gasteiger charge is -2.36. The maximum Gasteiger partial charge on any atom is 0.231 e. The predicted molar refractivity (Wildman–Crippen MR) is 101 cm³/mol. The Kier molecular flexibility index (Phi) is 5.71. The SMILES string of the molecule is CCCS(=O)(=O)N1CCCC(C(=O)N2CCCc3cc(Cl)ccc32)C1. The van der Waals surface area contributed by atoms with Crippen LogP contribution in [0.15, 0.2) is 18.2 Å². The summed E-state index contributed by atoms with van der Waals surface area (Å²) in [4.78, 5) is 14.9. The van der Waals surface area contributed by atoms with E-state index in [1.165, 1.54) is 4.31 Å². The topological polar surface area (TPSA) is 57.7 Å². The van der Waals surface area contributed by atoms with E-state index in [1.807, 2.05) is 30.0 Å². The average molecular weight is 385 g/mol. The van der Waals surface area contributed by atoms with Crippen molar-refractivity contribution in [2.75, 3.05) is 30.3 Å². The van der Waals surface area contributed by atoms with Gasteiger partial charge in [0.15, 0.2) is 0 Å². The van der Waals surface area contributed by atoms with E-state index in [4.69, 9.17) is 11.6 Å². The van der Waals surface area contributed by atoms with Crippen LogP contribution < -0.4 is 4.90 Å². The number of benzene rings is 1. The molecule has 2 aliphatic rings. The molecule has 1 atom stereocenters. The minimum absolute atomic E-state index is 0.0414. The molecule has 0 bridgehead atoms. The Balaban J connectivity index is 1.78. The maximum absolute atomic E-state index is 13.1. The van der Waals surface area contributed by atoms with Gasteiger partial charge in [-0.1, -0.05) is 18.5 Å². The zero-order valence-corrected chi connectivity index (χ0v) is 16.2. The van der Waals surface area contributed by atoms with E-state index in [-0.39, 0.29) is 17.6 Å². The minimum atomic E-state index is -3.25. The lowest BCUT2D eigenvalue weighted by atomic mass is 9.95. The summed E-state index contributed by atoms with van der Waals surface area (Å²) >= 11 is 6.07. The summed E-state index contributed by atoms with van der Waals surface area (Å²) in [5.41, 5.74) is 2.02. The number of rotatable bonds is 4. The van der Waals surface area contributed by atoms with Gasteiger partial charge >= 0.3 is 0 Å². The van der Waals surface area contributed by atoms with E-state index >= 15 is 0 Å². The van der Waals surface area contributed by atoms with E-state index in [2.05, 4.69) is 0 Å². The molecule has 0 radical (unpaired) electrons. The van der Waals surface area contributed by atoms with Gasteiger partial charge < -0.3 is 4.90 Å². The van der Waals surface area contributed by atoms with Gasteiger partial charge in [0, 0.05) is 30.3 Å². The van der Waals surface area contributed by atoms with Crippen LogP contribution in [-0.2, 0) is 21.2 Å². The fourth-order valence-electron chi connectivity index (χ4n) is 3.80. The lowest BCUT2D eigenvalue weighted by Crippen LogP contribution is -2.48. The molecule has 7 heteroatoms. The molecule has 0 saturated carbocycles. The average Bonchev–Trinajstić information content (AvgIpc) is 2.60. The van der Waals surface area contributed by atoms with E-state index < -0.39 is 10.0 Å². The monoisotopic (exact) mass is 384 g/mol. The van der Waals surface area contributed by atoms with Gasteiger partial charge in [-0.2, -0.15) is 0 Å². The smallest absolute Gasteiger partial charge is 0.231 e. The highest BCUT2D eigenvalue weighted by Crippen LogP contribution is 2.32. The number of hydrogen-bond donors (Lipinski definition) is 0. The molecule has 1 fully saturated rings. The van der Waals surface area contributed by atoms with Crippen molar-refractivity contribution >= 4 is 33.2 Å². The van der Waals surface area contributed by atoms with Crippen molar-refractivity contribution in [1.29, 1.82) is 0 Å². The number of fused-ring (bicyclic) bond motifs is 1. The predicted octanol–water partition coefficient (Wildman–Crippen LogP) is 3.07. The number of sulfonamides is 1. The molecule has 138 valence electrons. The molecule has 0 spiro atoms. The van der Waals surface area contributed by atoms with E-state index in [0.29, 0.717) is 31.1 Å². The molecule has 3 rings (SSSR count). The zero-order valence-electron chi connectivity index (χ0n) is 14.6. The van der Waals surface area contributed by atoms with Gasteiger partial charge in [0.05, 0.1) is 11.7 Å². The number of halogens is 1. The summed E-state index contributed by atoms with van der Waals surface area (Å²) in [5.74, 6) is -0.0689. The fourth-order valence-corrected chi connectivity index (χ4v) is 5.58. The van der Waals surface area contributed by atoms with Gasteiger partial charge in [-0.3, -0.25) is 4.79 Å². The van der Waals surface area contributed by atoms with Crippen LogP contribution in [0, 0.1) is 5.92 Å². The van der Waals surface area contributed by atoms with Crippen LogP contribution in [-0.4, -0.2) is 44.0 Å².